The fraction of sp³-hybridized carbons (Fsp3) is 0.143. The monoisotopic (exact) mass is 281 g/mol. The van der Waals surface area contributed by atoms with E-state index in [9.17, 15) is 13.6 Å². The van der Waals surface area contributed by atoms with Crippen LogP contribution in [0.25, 0.3) is 0 Å². The number of hydrogen-bond donors (Lipinski definition) is 0. The Morgan fingerprint density at radius 2 is 1.84 bits per heavy atom. The highest BCUT2D eigenvalue weighted by Crippen LogP contribution is 2.17. The lowest BCUT2D eigenvalue weighted by atomic mass is 10.0. The molecule has 0 amide bonds. The zero-order valence-electron chi connectivity index (χ0n) is 9.87. The van der Waals surface area contributed by atoms with Crippen molar-refractivity contribution in [1.29, 1.82) is 0 Å². The lowest BCUT2D eigenvalue weighted by Gasteiger charge is -2.05. The molecule has 0 bridgehead atoms. The van der Waals surface area contributed by atoms with Gasteiger partial charge in [0.2, 0.25) is 0 Å². The van der Waals surface area contributed by atoms with Crippen LogP contribution in [0.4, 0.5) is 8.78 Å². The largest absolute Gasteiger partial charge is 0.299 e. The molecule has 98 valence electrons. The summed E-state index contributed by atoms with van der Waals surface area (Å²) < 4.78 is 26.8. The molecule has 0 aliphatic rings. The Kier molecular flexibility index (Phi) is 4.22. The van der Waals surface area contributed by atoms with E-state index >= 15 is 0 Å². The zero-order valence-corrected chi connectivity index (χ0v) is 10.6. The van der Waals surface area contributed by atoms with Crippen LogP contribution in [0.1, 0.15) is 11.1 Å². The summed E-state index contributed by atoms with van der Waals surface area (Å²) in [5, 5.41) is 0.366. The van der Waals surface area contributed by atoms with Gasteiger partial charge in [-0.3, -0.25) is 9.78 Å². The minimum absolute atomic E-state index is 0.0229. The maximum absolute atomic E-state index is 13.4. The summed E-state index contributed by atoms with van der Waals surface area (Å²) in [4.78, 5) is 15.6. The first-order valence-corrected chi connectivity index (χ1v) is 5.98. The van der Waals surface area contributed by atoms with Crippen LogP contribution in [0.2, 0.25) is 5.02 Å². The Labute approximate surface area is 114 Å². The number of benzene rings is 1. The number of nitrogens with zero attached hydrogens (tertiary/aromatic N) is 1. The fourth-order valence-corrected chi connectivity index (χ4v) is 1.91. The first-order chi connectivity index (χ1) is 9.08. The van der Waals surface area contributed by atoms with Crippen LogP contribution in [0.3, 0.4) is 0 Å². The summed E-state index contributed by atoms with van der Waals surface area (Å²) in [6.07, 6.45) is 2.66. The smallest absolute Gasteiger partial charge is 0.141 e. The number of aromatic nitrogens is 1. The molecule has 0 spiro atoms. The van der Waals surface area contributed by atoms with Crippen molar-refractivity contribution in [3.05, 3.63) is 64.4 Å². The fourth-order valence-electron chi connectivity index (χ4n) is 1.72. The lowest BCUT2D eigenvalue weighted by molar-refractivity contribution is -0.117. The number of halogens is 3. The number of hydrogen-bond acceptors (Lipinski definition) is 2. The minimum Gasteiger partial charge on any atom is -0.299 e. The molecule has 0 aliphatic heterocycles. The number of Topliss-reactive ketones (excluding diaryl/α,β-unsaturated/α-hetero) is 1. The Balaban J connectivity index is 2.12. The summed E-state index contributed by atoms with van der Waals surface area (Å²) in [6, 6.07) is 5.13. The molecule has 1 aromatic heterocycles. The van der Waals surface area contributed by atoms with E-state index < -0.39 is 11.6 Å². The number of carbonyl (C=O) groups is 1. The molecule has 1 aromatic carbocycles. The molecule has 0 saturated carbocycles. The van der Waals surface area contributed by atoms with Crippen molar-refractivity contribution < 1.29 is 13.6 Å². The van der Waals surface area contributed by atoms with Gasteiger partial charge in [-0.2, -0.15) is 0 Å². The van der Waals surface area contributed by atoms with Crippen LogP contribution in [0.5, 0.6) is 0 Å². The summed E-state index contributed by atoms with van der Waals surface area (Å²) in [5.74, 6) is -1.74. The summed E-state index contributed by atoms with van der Waals surface area (Å²) in [7, 11) is 0. The predicted molar refractivity (Wildman–Crippen MR) is 68.0 cm³/mol. The average Bonchev–Trinajstić information content (AvgIpc) is 2.37. The van der Waals surface area contributed by atoms with Gasteiger partial charge in [0, 0.05) is 30.8 Å². The molecule has 0 radical (unpaired) electrons. The molecular weight excluding hydrogens is 272 g/mol. The second kappa shape index (κ2) is 5.89. The molecule has 0 fully saturated rings. The molecular formula is C14H10ClF2NO. The molecule has 1 heterocycles. The summed E-state index contributed by atoms with van der Waals surface area (Å²) in [6.45, 7) is 0. The van der Waals surface area contributed by atoms with Gasteiger partial charge in [-0.25, -0.2) is 8.78 Å². The molecule has 5 heteroatoms. The predicted octanol–water partition coefficient (Wildman–Crippen LogP) is 3.37. The number of pyridine rings is 1. The topological polar surface area (TPSA) is 30.0 Å². The van der Waals surface area contributed by atoms with Gasteiger partial charge < -0.3 is 0 Å². The molecule has 2 aromatic rings. The van der Waals surface area contributed by atoms with Crippen LogP contribution >= 0.6 is 11.6 Å². The molecule has 2 nitrogen and oxygen atoms in total. The Morgan fingerprint density at radius 3 is 2.47 bits per heavy atom. The first-order valence-electron chi connectivity index (χ1n) is 5.61. The number of carbonyl (C=O) groups excluding carboxylic acids is 1. The first kappa shape index (κ1) is 13.6. The zero-order chi connectivity index (χ0) is 13.8. The van der Waals surface area contributed by atoms with E-state index in [1.807, 2.05) is 0 Å². The van der Waals surface area contributed by atoms with Crippen LogP contribution in [-0.2, 0) is 17.6 Å². The van der Waals surface area contributed by atoms with Crippen LogP contribution < -0.4 is 0 Å². The van der Waals surface area contributed by atoms with Crippen molar-refractivity contribution in [2.75, 3.05) is 0 Å². The van der Waals surface area contributed by atoms with Gasteiger partial charge in [-0.05, 0) is 23.8 Å². The van der Waals surface area contributed by atoms with Gasteiger partial charge in [0.1, 0.15) is 17.4 Å². The quantitative estimate of drug-likeness (QED) is 0.860. The third-order valence-electron chi connectivity index (χ3n) is 2.68. The molecule has 0 unspecified atom stereocenters. The summed E-state index contributed by atoms with van der Waals surface area (Å²) >= 11 is 5.87. The highest BCUT2D eigenvalue weighted by molar-refractivity contribution is 6.31. The molecule has 0 aliphatic carbocycles. The minimum atomic E-state index is -0.714. The third kappa shape index (κ3) is 3.35. The lowest BCUT2D eigenvalue weighted by Crippen LogP contribution is -2.10. The van der Waals surface area contributed by atoms with Gasteiger partial charge in [0.15, 0.2) is 0 Å². The molecule has 0 N–H and O–H groups in total. The van der Waals surface area contributed by atoms with Gasteiger partial charge >= 0.3 is 0 Å². The van der Waals surface area contributed by atoms with Crippen LogP contribution in [-0.4, -0.2) is 10.8 Å². The van der Waals surface area contributed by atoms with Crippen molar-refractivity contribution in [3.8, 4) is 0 Å². The normalized spacial score (nSPS) is 10.5. The third-order valence-corrected chi connectivity index (χ3v) is 3.02. The van der Waals surface area contributed by atoms with Crippen molar-refractivity contribution in [3.63, 3.8) is 0 Å². The van der Waals surface area contributed by atoms with E-state index in [-0.39, 0.29) is 24.2 Å². The van der Waals surface area contributed by atoms with E-state index in [1.54, 1.807) is 6.07 Å². The van der Waals surface area contributed by atoms with Crippen molar-refractivity contribution in [2.24, 2.45) is 0 Å². The van der Waals surface area contributed by atoms with Gasteiger partial charge in [-0.15, -0.1) is 0 Å². The second-order valence-electron chi connectivity index (χ2n) is 4.06. The molecule has 19 heavy (non-hydrogen) atoms. The van der Waals surface area contributed by atoms with Gasteiger partial charge in [0.25, 0.3) is 0 Å². The number of rotatable bonds is 4. The van der Waals surface area contributed by atoms with E-state index in [0.717, 1.165) is 12.1 Å². The Hall–Kier alpha value is -1.81. The van der Waals surface area contributed by atoms with Crippen LogP contribution in [0, 0.1) is 11.6 Å². The van der Waals surface area contributed by atoms with E-state index in [1.165, 1.54) is 18.5 Å². The summed E-state index contributed by atoms with van der Waals surface area (Å²) in [5.41, 5.74) is 0.385. The second-order valence-corrected chi connectivity index (χ2v) is 4.47. The maximum atomic E-state index is 13.4. The van der Waals surface area contributed by atoms with E-state index in [0.29, 0.717) is 10.6 Å². The van der Waals surface area contributed by atoms with Gasteiger partial charge in [-0.1, -0.05) is 17.7 Å². The highest BCUT2D eigenvalue weighted by atomic mass is 35.5. The SMILES string of the molecule is O=C(Cc1ccncc1Cl)Cc1c(F)cccc1F. The Bertz CT molecular complexity index is 596. The Morgan fingerprint density at radius 1 is 1.16 bits per heavy atom. The van der Waals surface area contributed by atoms with Crippen LogP contribution in [0.15, 0.2) is 36.7 Å². The molecule has 0 saturated heterocycles. The average molecular weight is 282 g/mol. The standard InChI is InChI=1S/C14H10ClF2NO/c15-12-8-18-5-4-9(12)6-10(19)7-11-13(16)2-1-3-14(11)17/h1-5,8H,6-7H2. The van der Waals surface area contributed by atoms with E-state index in [4.69, 9.17) is 11.6 Å². The van der Waals surface area contributed by atoms with Crippen molar-refractivity contribution in [1.82, 2.24) is 4.98 Å². The molecule has 2 rings (SSSR count). The van der Waals surface area contributed by atoms with Crippen molar-refractivity contribution >= 4 is 17.4 Å². The van der Waals surface area contributed by atoms with Crippen molar-refractivity contribution in [2.45, 2.75) is 12.8 Å². The van der Waals surface area contributed by atoms with Gasteiger partial charge in [0.05, 0.1) is 5.02 Å². The maximum Gasteiger partial charge on any atom is 0.141 e. The number of ketones is 1. The van der Waals surface area contributed by atoms with E-state index in [2.05, 4.69) is 4.98 Å². The highest BCUT2D eigenvalue weighted by Gasteiger charge is 2.14. The molecule has 0 atom stereocenters.